The van der Waals surface area contributed by atoms with Crippen LogP contribution in [-0.2, 0) is 7.05 Å². The van der Waals surface area contributed by atoms with E-state index in [0.717, 1.165) is 16.7 Å². The number of nitrogens with zero attached hydrogens (tertiary/aromatic N) is 4. The first kappa shape index (κ1) is 18.6. The monoisotopic (exact) mass is 365 g/mol. The van der Waals surface area contributed by atoms with E-state index in [0.29, 0.717) is 29.9 Å². The van der Waals surface area contributed by atoms with Crippen LogP contribution in [0.1, 0.15) is 40.3 Å². The minimum absolute atomic E-state index is 0.0508. The van der Waals surface area contributed by atoms with Gasteiger partial charge in [-0.3, -0.25) is 14.3 Å². The van der Waals surface area contributed by atoms with Crippen LogP contribution in [0.2, 0.25) is 0 Å². The summed E-state index contributed by atoms with van der Waals surface area (Å²) in [5, 5.41) is 8.00. The molecule has 3 aromatic rings. The van der Waals surface area contributed by atoms with Gasteiger partial charge < -0.3 is 10.2 Å². The Morgan fingerprint density at radius 1 is 1.15 bits per heavy atom. The molecule has 1 N–H and O–H groups in total. The molecule has 140 valence electrons. The number of fused-ring (bicyclic) bond motifs is 1. The SMILES string of the molecule is CCN(CC)C(=O)c1cccc(NC(=O)c2cnc3c(c2)c(C)nn3C)c1. The average molecular weight is 365 g/mol. The lowest BCUT2D eigenvalue weighted by Crippen LogP contribution is -2.30. The van der Waals surface area contributed by atoms with E-state index >= 15 is 0 Å². The number of carbonyl (C=O) groups is 2. The van der Waals surface area contributed by atoms with Crippen LogP contribution in [-0.4, -0.2) is 44.6 Å². The van der Waals surface area contributed by atoms with E-state index in [1.807, 2.05) is 27.8 Å². The Balaban J connectivity index is 1.83. The lowest BCUT2D eigenvalue weighted by atomic mass is 10.1. The van der Waals surface area contributed by atoms with Gasteiger partial charge in [0.15, 0.2) is 5.65 Å². The van der Waals surface area contributed by atoms with Gasteiger partial charge in [-0.25, -0.2) is 4.98 Å². The number of pyridine rings is 1. The molecule has 7 nitrogen and oxygen atoms in total. The van der Waals surface area contributed by atoms with Crippen molar-refractivity contribution in [3.8, 4) is 0 Å². The molecule has 3 rings (SSSR count). The average Bonchev–Trinajstić information content (AvgIpc) is 2.96. The van der Waals surface area contributed by atoms with E-state index in [1.165, 1.54) is 6.20 Å². The van der Waals surface area contributed by atoms with Gasteiger partial charge in [-0.2, -0.15) is 5.10 Å². The van der Waals surface area contributed by atoms with Crippen molar-refractivity contribution < 1.29 is 9.59 Å². The highest BCUT2D eigenvalue weighted by Gasteiger charge is 2.15. The maximum absolute atomic E-state index is 12.6. The Labute approximate surface area is 158 Å². The molecule has 2 aromatic heterocycles. The van der Waals surface area contributed by atoms with Crippen LogP contribution in [0.4, 0.5) is 5.69 Å². The van der Waals surface area contributed by atoms with Gasteiger partial charge in [0.2, 0.25) is 0 Å². The van der Waals surface area contributed by atoms with E-state index in [4.69, 9.17) is 0 Å². The molecule has 1 aromatic carbocycles. The van der Waals surface area contributed by atoms with Crippen LogP contribution in [0.5, 0.6) is 0 Å². The first-order valence-corrected chi connectivity index (χ1v) is 8.94. The minimum atomic E-state index is -0.278. The van der Waals surface area contributed by atoms with Crippen LogP contribution in [0, 0.1) is 6.92 Å². The number of carbonyl (C=O) groups excluding carboxylic acids is 2. The highest BCUT2D eigenvalue weighted by atomic mass is 16.2. The molecule has 0 bridgehead atoms. The van der Waals surface area contributed by atoms with Gasteiger partial charge >= 0.3 is 0 Å². The van der Waals surface area contributed by atoms with Crippen molar-refractivity contribution in [1.82, 2.24) is 19.7 Å². The summed E-state index contributed by atoms with van der Waals surface area (Å²) in [4.78, 5) is 31.2. The number of hydrogen-bond acceptors (Lipinski definition) is 4. The summed E-state index contributed by atoms with van der Waals surface area (Å²) in [6.45, 7) is 7.05. The molecule has 27 heavy (non-hydrogen) atoms. The smallest absolute Gasteiger partial charge is 0.257 e. The van der Waals surface area contributed by atoms with Crippen molar-refractivity contribution in [3.63, 3.8) is 0 Å². The highest BCUT2D eigenvalue weighted by Crippen LogP contribution is 2.18. The number of aromatic nitrogens is 3. The van der Waals surface area contributed by atoms with E-state index in [9.17, 15) is 9.59 Å². The van der Waals surface area contributed by atoms with Crippen molar-refractivity contribution in [2.24, 2.45) is 7.05 Å². The number of anilines is 1. The van der Waals surface area contributed by atoms with Gasteiger partial charge in [0.1, 0.15) is 0 Å². The number of hydrogen-bond donors (Lipinski definition) is 1. The molecule has 0 aliphatic carbocycles. The molecule has 0 saturated carbocycles. The first-order valence-electron chi connectivity index (χ1n) is 8.94. The van der Waals surface area contributed by atoms with Gasteiger partial charge in [0, 0.05) is 43.0 Å². The Morgan fingerprint density at radius 2 is 1.89 bits per heavy atom. The van der Waals surface area contributed by atoms with Crippen LogP contribution in [0.3, 0.4) is 0 Å². The molecule has 2 heterocycles. The number of benzene rings is 1. The summed E-state index contributed by atoms with van der Waals surface area (Å²) in [6, 6.07) is 8.75. The Kier molecular flexibility index (Phi) is 5.21. The quantitative estimate of drug-likeness (QED) is 0.754. The topological polar surface area (TPSA) is 80.1 Å². The van der Waals surface area contributed by atoms with Crippen LogP contribution in [0.15, 0.2) is 36.5 Å². The zero-order chi connectivity index (χ0) is 19.6. The van der Waals surface area contributed by atoms with Crippen LogP contribution >= 0.6 is 0 Å². The zero-order valence-corrected chi connectivity index (χ0v) is 16.0. The predicted molar refractivity (Wildman–Crippen MR) is 105 cm³/mol. The molecule has 0 aliphatic heterocycles. The molecule has 0 aliphatic rings. The largest absolute Gasteiger partial charge is 0.339 e. The molecule has 0 saturated heterocycles. The summed E-state index contributed by atoms with van der Waals surface area (Å²) < 4.78 is 1.69. The summed E-state index contributed by atoms with van der Waals surface area (Å²) in [5.41, 5.74) is 3.12. The molecule has 0 atom stereocenters. The summed E-state index contributed by atoms with van der Waals surface area (Å²) >= 11 is 0. The zero-order valence-electron chi connectivity index (χ0n) is 16.0. The van der Waals surface area contributed by atoms with Gasteiger partial charge in [-0.05, 0) is 45.0 Å². The Bertz CT molecular complexity index is 1000. The molecule has 0 radical (unpaired) electrons. The molecule has 0 fully saturated rings. The molecule has 7 heteroatoms. The summed E-state index contributed by atoms with van der Waals surface area (Å²) in [5.74, 6) is -0.328. The van der Waals surface area contributed by atoms with Gasteiger partial charge in [-0.15, -0.1) is 0 Å². The number of rotatable bonds is 5. The third-order valence-corrected chi connectivity index (χ3v) is 4.54. The molecule has 2 amide bonds. The first-order chi connectivity index (χ1) is 12.9. The molecule has 0 unspecified atom stereocenters. The fraction of sp³-hybridized carbons (Fsp3) is 0.300. The second-order valence-electron chi connectivity index (χ2n) is 6.32. The summed E-state index contributed by atoms with van der Waals surface area (Å²) in [6.07, 6.45) is 1.53. The second kappa shape index (κ2) is 7.57. The van der Waals surface area contributed by atoms with E-state index < -0.39 is 0 Å². The van der Waals surface area contributed by atoms with E-state index in [2.05, 4.69) is 15.4 Å². The van der Waals surface area contributed by atoms with Crippen LogP contribution < -0.4 is 5.32 Å². The van der Waals surface area contributed by atoms with Crippen LogP contribution in [0.25, 0.3) is 11.0 Å². The molecule has 0 spiro atoms. The number of amides is 2. The van der Waals surface area contributed by atoms with Gasteiger partial charge in [-0.1, -0.05) is 6.07 Å². The maximum Gasteiger partial charge on any atom is 0.257 e. The Hall–Kier alpha value is -3.22. The lowest BCUT2D eigenvalue weighted by Gasteiger charge is -2.19. The van der Waals surface area contributed by atoms with Gasteiger partial charge in [0.25, 0.3) is 11.8 Å². The third-order valence-electron chi connectivity index (χ3n) is 4.54. The molecular formula is C20H23N5O2. The third kappa shape index (κ3) is 3.67. The predicted octanol–water partition coefficient (Wildman–Crippen LogP) is 3.01. The van der Waals surface area contributed by atoms with Crippen molar-refractivity contribution in [2.75, 3.05) is 18.4 Å². The fourth-order valence-corrected chi connectivity index (χ4v) is 3.06. The minimum Gasteiger partial charge on any atom is -0.339 e. The lowest BCUT2D eigenvalue weighted by molar-refractivity contribution is 0.0772. The normalized spacial score (nSPS) is 10.8. The summed E-state index contributed by atoms with van der Waals surface area (Å²) in [7, 11) is 1.82. The fourth-order valence-electron chi connectivity index (χ4n) is 3.06. The standard InChI is InChI=1S/C20H23N5O2/c1-5-25(6-2)20(27)14-8-7-9-16(10-14)22-19(26)15-11-17-13(3)23-24(4)18(17)21-12-15/h7-12H,5-6H2,1-4H3,(H,22,26). The number of nitrogens with one attached hydrogen (secondary N) is 1. The van der Waals surface area contributed by atoms with Crippen molar-refractivity contribution >= 4 is 28.5 Å². The number of aryl methyl sites for hydroxylation is 2. The van der Waals surface area contributed by atoms with Crippen molar-refractivity contribution in [3.05, 3.63) is 53.3 Å². The van der Waals surface area contributed by atoms with Crippen molar-refractivity contribution in [2.45, 2.75) is 20.8 Å². The van der Waals surface area contributed by atoms with E-state index in [1.54, 1.807) is 39.9 Å². The maximum atomic E-state index is 12.6. The Morgan fingerprint density at radius 3 is 2.59 bits per heavy atom. The highest BCUT2D eigenvalue weighted by molar-refractivity contribution is 6.06. The van der Waals surface area contributed by atoms with Crippen molar-refractivity contribution in [1.29, 1.82) is 0 Å². The second-order valence-corrected chi connectivity index (χ2v) is 6.32. The van der Waals surface area contributed by atoms with Gasteiger partial charge in [0.05, 0.1) is 11.3 Å². The molecular weight excluding hydrogens is 342 g/mol. The van der Waals surface area contributed by atoms with E-state index in [-0.39, 0.29) is 11.8 Å².